The molecule has 0 bridgehead atoms. The molecule has 0 fully saturated rings. The normalized spacial score (nSPS) is 13.2. The van der Waals surface area contributed by atoms with Crippen LogP contribution in [0, 0.1) is 12.3 Å². The molecule has 0 radical (unpaired) electrons. The van der Waals surface area contributed by atoms with Gasteiger partial charge in [-0.15, -0.1) is 0 Å². The Balaban J connectivity index is 2.70. The molecule has 0 saturated carbocycles. The SMILES string of the molecule is CCCNC(CCN(CC)c1ccccc1C)C(C)(C)C. The summed E-state index contributed by atoms with van der Waals surface area (Å²) < 4.78 is 0. The van der Waals surface area contributed by atoms with Gasteiger partial charge in [-0.3, -0.25) is 0 Å². The molecule has 0 aliphatic rings. The van der Waals surface area contributed by atoms with Crippen LogP contribution in [0.25, 0.3) is 0 Å². The van der Waals surface area contributed by atoms with Crippen molar-refractivity contribution >= 4 is 5.69 Å². The molecule has 0 saturated heterocycles. The number of nitrogens with zero attached hydrogens (tertiary/aromatic N) is 1. The van der Waals surface area contributed by atoms with Crippen LogP contribution in [0.1, 0.15) is 53.0 Å². The number of para-hydroxylation sites is 1. The predicted molar refractivity (Wildman–Crippen MR) is 95.2 cm³/mol. The molecule has 0 aliphatic carbocycles. The van der Waals surface area contributed by atoms with E-state index in [1.165, 1.54) is 24.1 Å². The lowest BCUT2D eigenvalue weighted by atomic mass is 9.84. The zero-order chi connectivity index (χ0) is 15.9. The van der Waals surface area contributed by atoms with Crippen molar-refractivity contribution in [2.24, 2.45) is 5.41 Å². The molecule has 0 aliphatic heterocycles. The fourth-order valence-electron chi connectivity index (χ4n) is 2.81. The number of anilines is 1. The first kappa shape index (κ1) is 18.0. The van der Waals surface area contributed by atoms with Crippen molar-refractivity contribution < 1.29 is 0 Å². The van der Waals surface area contributed by atoms with Gasteiger partial charge in [-0.2, -0.15) is 0 Å². The Morgan fingerprint density at radius 1 is 1.14 bits per heavy atom. The van der Waals surface area contributed by atoms with Crippen LogP contribution in [0.5, 0.6) is 0 Å². The molecule has 2 heteroatoms. The third-order valence-electron chi connectivity index (χ3n) is 4.21. The molecular weight excluding hydrogens is 256 g/mol. The molecule has 1 unspecified atom stereocenters. The zero-order valence-electron chi connectivity index (χ0n) is 14.9. The highest BCUT2D eigenvalue weighted by molar-refractivity contribution is 5.52. The summed E-state index contributed by atoms with van der Waals surface area (Å²) in [5, 5.41) is 3.73. The smallest absolute Gasteiger partial charge is 0.0395 e. The summed E-state index contributed by atoms with van der Waals surface area (Å²) in [4.78, 5) is 2.50. The van der Waals surface area contributed by atoms with Crippen LogP contribution in [0.2, 0.25) is 0 Å². The first-order chi connectivity index (χ1) is 9.90. The van der Waals surface area contributed by atoms with Crippen LogP contribution < -0.4 is 10.2 Å². The molecule has 0 amide bonds. The Bertz CT molecular complexity index is 406. The van der Waals surface area contributed by atoms with E-state index in [9.17, 15) is 0 Å². The molecule has 2 nitrogen and oxygen atoms in total. The van der Waals surface area contributed by atoms with Crippen LogP contribution in [-0.2, 0) is 0 Å². The van der Waals surface area contributed by atoms with Gasteiger partial charge in [0, 0.05) is 24.8 Å². The average Bonchev–Trinajstić information content (AvgIpc) is 2.43. The maximum absolute atomic E-state index is 3.73. The third-order valence-corrected chi connectivity index (χ3v) is 4.21. The van der Waals surface area contributed by atoms with Crippen LogP contribution in [0.15, 0.2) is 24.3 Å². The van der Waals surface area contributed by atoms with Gasteiger partial charge in [0.05, 0.1) is 0 Å². The summed E-state index contributed by atoms with van der Waals surface area (Å²) >= 11 is 0. The van der Waals surface area contributed by atoms with Gasteiger partial charge in [0.15, 0.2) is 0 Å². The maximum Gasteiger partial charge on any atom is 0.0395 e. The van der Waals surface area contributed by atoms with Crippen LogP contribution in [0.4, 0.5) is 5.69 Å². The average molecular weight is 290 g/mol. The summed E-state index contributed by atoms with van der Waals surface area (Å²) in [6.07, 6.45) is 2.38. The number of hydrogen-bond donors (Lipinski definition) is 1. The quantitative estimate of drug-likeness (QED) is 0.751. The van der Waals surface area contributed by atoms with Crippen LogP contribution in [0.3, 0.4) is 0 Å². The number of benzene rings is 1. The van der Waals surface area contributed by atoms with Crippen LogP contribution in [-0.4, -0.2) is 25.7 Å². The highest BCUT2D eigenvalue weighted by Gasteiger charge is 2.24. The lowest BCUT2D eigenvalue weighted by Gasteiger charge is -2.34. The van der Waals surface area contributed by atoms with Crippen molar-refractivity contribution in [1.82, 2.24) is 5.32 Å². The van der Waals surface area contributed by atoms with Gasteiger partial charge < -0.3 is 10.2 Å². The Hall–Kier alpha value is -1.02. The van der Waals surface area contributed by atoms with E-state index < -0.39 is 0 Å². The monoisotopic (exact) mass is 290 g/mol. The van der Waals surface area contributed by atoms with Gasteiger partial charge >= 0.3 is 0 Å². The highest BCUT2D eigenvalue weighted by Crippen LogP contribution is 2.24. The topological polar surface area (TPSA) is 15.3 Å². The Morgan fingerprint density at radius 3 is 2.33 bits per heavy atom. The highest BCUT2D eigenvalue weighted by atomic mass is 15.1. The summed E-state index contributed by atoms with van der Waals surface area (Å²) in [6.45, 7) is 17.0. The second-order valence-corrected chi connectivity index (χ2v) is 7.03. The van der Waals surface area contributed by atoms with Crippen LogP contribution >= 0.6 is 0 Å². The molecule has 0 heterocycles. The minimum atomic E-state index is 0.306. The Morgan fingerprint density at radius 2 is 1.81 bits per heavy atom. The van der Waals surface area contributed by atoms with E-state index >= 15 is 0 Å². The first-order valence-electron chi connectivity index (χ1n) is 8.44. The number of hydrogen-bond acceptors (Lipinski definition) is 2. The summed E-state index contributed by atoms with van der Waals surface area (Å²) in [5.41, 5.74) is 3.05. The van der Waals surface area contributed by atoms with Gasteiger partial charge in [0.25, 0.3) is 0 Å². The Kier molecular flexibility index (Phi) is 7.24. The van der Waals surface area contributed by atoms with Crippen molar-refractivity contribution in [2.45, 2.75) is 60.4 Å². The predicted octanol–water partition coefficient (Wildman–Crippen LogP) is 4.63. The number of rotatable bonds is 8. The summed E-state index contributed by atoms with van der Waals surface area (Å²) in [6, 6.07) is 9.27. The van der Waals surface area contributed by atoms with E-state index in [0.29, 0.717) is 11.5 Å². The Labute approximate surface area is 131 Å². The van der Waals surface area contributed by atoms with E-state index in [2.05, 4.69) is 76.0 Å². The second kappa shape index (κ2) is 8.43. The van der Waals surface area contributed by atoms with Gasteiger partial charge in [0.2, 0.25) is 0 Å². The largest absolute Gasteiger partial charge is 0.372 e. The minimum absolute atomic E-state index is 0.306. The zero-order valence-corrected chi connectivity index (χ0v) is 14.9. The number of nitrogens with one attached hydrogen (secondary N) is 1. The van der Waals surface area contributed by atoms with E-state index in [-0.39, 0.29) is 0 Å². The van der Waals surface area contributed by atoms with Gasteiger partial charge in [0.1, 0.15) is 0 Å². The van der Waals surface area contributed by atoms with Gasteiger partial charge in [-0.05, 0) is 50.3 Å². The minimum Gasteiger partial charge on any atom is -0.372 e. The van der Waals surface area contributed by atoms with Crippen molar-refractivity contribution in [3.8, 4) is 0 Å². The molecule has 1 atom stereocenters. The third kappa shape index (κ3) is 5.70. The van der Waals surface area contributed by atoms with E-state index in [4.69, 9.17) is 0 Å². The van der Waals surface area contributed by atoms with Gasteiger partial charge in [-0.1, -0.05) is 45.9 Å². The molecule has 21 heavy (non-hydrogen) atoms. The lowest BCUT2D eigenvalue weighted by Crippen LogP contribution is -2.43. The molecule has 1 rings (SSSR count). The van der Waals surface area contributed by atoms with Gasteiger partial charge in [-0.25, -0.2) is 0 Å². The molecular formula is C19H34N2. The molecule has 1 aromatic rings. The van der Waals surface area contributed by atoms with E-state index in [1.54, 1.807) is 0 Å². The number of aryl methyl sites for hydroxylation is 1. The van der Waals surface area contributed by atoms with Crippen molar-refractivity contribution in [2.75, 3.05) is 24.5 Å². The molecule has 1 N–H and O–H groups in total. The molecule has 0 aromatic heterocycles. The fraction of sp³-hybridized carbons (Fsp3) is 0.684. The van der Waals surface area contributed by atoms with E-state index in [1.807, 2.05) is 0 Å². The van der Waals surface area contributed by atoms with E-state index in [0.717, 1.165) is 19.6 Å². The summed E-state index contributed by atoms with van der Waals surface area (Å²) in [7, 11) is 0. The van der Waals surface area contributed by atoms with Crippen molar-refractivity contribution in [3.63, 3.8) is 0 Å². The first-order valence-corrected chi connectivity index (χ1v) is 8.44. The standard InChI is InChI=1S/C19H34N2/c1-7-14-20-18(19(4,5)6)13-15-21(8-2)17-12-10-9-11-16(17)3/h9-12,18,20H,7-8,13-15H2,1-6H3. The molecule has 120 valence electrons. The lowest BCUT2D eigenvalue weighted by molar-refractivity contribution is 0.256. The second-order valence-electron chi connectivity index (χ2n) is 7.03. The summed E-state index contributed by atoms with van der Waals surface area (Å²) in [5.74, 6) is 0. The van der Waals surface area contributed by atoms with Crippen molar-refractivity contribution in [1.29, 1.82) is 0 Å². The molecule has 0 spiro atoms. The van der Waals surface area contributed by atoms with Crippen molar-refractivity contribution in [3.05, 3.63) is 29.8 Å². The maximum atomic E-state index is 3.73. The fourth-order valence-corrected chi connectivity index (χ4v) is 2.81. The molecule has 1 aromatic carbocycles.